The van der Waals surface area contributed by atoms with Crippen LogP contribution >= 0.6 is 0 Å². The van der Waals surface area contributed by atoms with Gasteiger partial charge in [-0.25, -0.2) is 14.3 Å². The first-order valence-corrected chi connectivity index (χ1v) is 7.29. The SMILES string of the molecule is CCOC(=O)/C=C(\C(=O)OCC)n1[nH]c(=O)c2ccccc2c1=O. The van der Waals surface area contributed by atoms with Crippen LogP contribution in [0.25, 0.3) is 16.5 Å². The van der Waals surface area contributed by atoms with Gasteiger partial charge in [0, 0.05) is 0 Å². The van der Waals surface area contributed by atoms with Crippen LogP contribution in [0.5, 0.6) is 0 Å². The van der Waals surface area contributed by atoms with Crippen LogP contribution in [0.15, 0.2) is 39.9 Å². The van der Waals surface area contributed by atoms with E-state index >= 15 is 0 Å². The number of carbonyl (C=O) groups excluding carboxylic acids is 2. The fourth-order valence-corrected chi connectivity index (χ4v) is 2.09. The Morgan fingerprint density at radius 2 is 1.71 bits per heavy atom. The average Bonchev–Trinajstić information content (AvgIpc) is 2.57. The van der Waals surface area contributed by atoms with Gasteiger partial charge < -0.3 is 9.47 Å². The molecule has 0 bridgehead atoms. The van der Waals surface area contributed by atoms with Gasteiger partial charge in [0.1, 0.15) is 0 Å². The normalized spacial score (nSPS) is 11.3. The molecule has 0 fully saturated rings. The summed E-state index contributed by atoms with van der Waals surface area (Å²) in [6.07, 6.45) is 0.813. The fraction of sp³-hybridized carbons (Fsp3) is 0.250. The Hall–Kier alpha value is -3.16. The summed E-state index contributed by atoms with van der Waals surface area (Å²) in [4.78, 5) is 48.5. The average molecular weight is 332 g/mol. The predicted octanol–water partition coefficient (Wildman–Crippen LogP) is 0.657. The Balaban J connectivity index is 2.71. The molecule has 0 amide bonds. The summed E-state index contributed by atoms with van der Waals surface area (Å²) in [5.41, 5.74) is -1.67. The lowest BCUT2D eigenvalue weighted by Crippen LogP contribution is -2.32. The second-order valence-corrected chi connectivity index (χ2v) is 4.63. The van der Waals surface area contributed by atoms with Crippen LogP contribution in [0.2, 0.25) is 0 Å². The van der Waals surface area contributed by atoms with Gasteiger partial charge in [-0.2, -0.15) is 0 Å². The minimum atomic E-state index is -0.932. The molecule has 2 aromatic rings. The number of nitrogens with zero attached hydrogens (tertiary/aromatic N) is 1. The summed E-state index contributed by atoms with van der Waals surface area (Å²) in [5, 5.41) is 2.57. The van der Waals surface area contributed by atoms with Crippen molar-refractivity contribution >= 4 is 28.4 Å². The van der Waals surface area contributed by atoms with E-state index < -0.39 is 28.8 Å². The summed E-state index contributed by atoms with van der Waals surface area (Å²) < 4.78 is 10.3. The van der Waals surface area contributed by atoms with E-state index in [1.54, 1.807) is 26.0 Å². The third-order valence-corrected chi connectivity index (χ3v) is 3.09. The van der Waals surface area contributed by atoms with Crippen molar-refractivity contribution in [2.75, 3.05) is 13.2 Å². The first-order chi connectivity index (χ1) is 11.5. The largest absolute Gasteiger partial charge is 0.463 e. The number of nitrogens with one attached hydrogen (secondary N) is 1. The first-order valence-electron chi connectivity index (χ1n) is 7.29. The number of fused-ring (bicyclic) bond motifs is 1. The molecule has 0 aliphatic carbocycles. The molecule has 8 heteroatoms. The number of ether oxygens (including phenoxy) is 2. The minimum absolute atomic E-state index is 0.0333. The van der Waals surface area contributed by atoms with Crippen LogP contribution in [0.3, 0.4) is 0 Å². The molecule has 1 N–H and O–H groups in total. The summed E-state index contributed by atoms with van der Waals surface area (Å²) in [6.45, 7) is 3.30. The zero-order valence-corrected chi connectivity index (χ0v) is 13.2. The topological polar surface area (TPSA) is 107 Å². The van der Waals surface area contributed by atoms with Crippen LogP contribution < -0.4 is 11.1 Å². The van der Waals surface area contributed by atoms with Crippen LogP contribution in [-0.2, 0) is 19.1 Å². The van der Waals surface area contributed by atoms with E-state index in [4.69, 9.17) is 9.47 Å². The number of aromatic amines is 1. The van der Waals surface area contributed by atoms with E-state index in [0.29, 0.717) is 4.68 Å². The van der Waals surface area contributed by atoms with E-state index in [0.717, 1.165) is 6.08 Å². The Bertz CT molecular complexity index is 922. The van der Waals surface area contributed by atoms with E-state index in [9.17, 15) is 19.2 Å². The molecule has 0 spiro atoms. The van der Waals surface area contributed by atoms with Gasteiger partial charge in [0.25, 0.3) is 11.1 Å². The Morgan fingerprint density at radius 1 is 1.08 bits per heavy atom. The highest BCUT2D eigenvalue weighted by Crippen LogP contribution is 2.07. The van der Waals surface area contributed by atoms with Gasteiger partial charge in [0.15, 0.2) is 5.70 Å². The molecule has 1 aromatic heterocycles. The minimum Gasteiger partial charge on any atom is -0.463 e. The van der Waals surface area contributed by atoms with Crippen molar-refractivity contribution in [2.24, 2.45) is 0 Å². The molecule has 2 rings (SSSR count). The molecule has 1 heterocycles. The maximum absolute atomic E-state index is 12.6. The van der Waals surface area contributed by atoms with Crippen molar-refractivity contribution in [3.63, 3.8) is 0 Å². The van der Waals surface area contributed by atoms with Gasteiger partial charge in [-0.15, -0.1) is 0 Å². The summed E-state index contributed by atoms with van der Waals surface area (Å²) in [6, 6.07) is 6.14. The molecule has 126 valence electrons. The first kappa shape index (κ1) is 17.2. The molecule has 0 atom stereocenters. The van der Waals surface area contributed by atoms with E-state index in [2.05, 4.69) is 5.10 Å². The van der Waals surface area contributed by atoms with Gasteiger partial charge in [0.2, 0.25) is 0 Å². The Morgan fingerprint density at radius 3 is 2.33 bits per heavy atom. The second kappa shape index (κ2) is 7.40. The van der Waals surface area contributed by atoms with Crippen LogP contribution in [0.1, 0.15) is 13.8 Å². The summed E-state index contributed by atoms with van der Waals surface area (Å²) in [5.74, 6) is -1.76. The molecule has 0 aliphatic heterocycles. The highest BCUT2D eigenvalue weighted by molar-refractivity contribution is 6.14. The van der Waals surface area contributed by atoms with Gasteiger partial charge in [-0.1, -0.05) is 12.1 Å². The number of H-pyrrole nitrogens is 1. The number of benzene rings is 1. The van der Waals surface area contributed by atoms with Crippen molar-refractivity contribution < 1.29 is 19.1 Å². The van der Waals surface area contributed by atoms with Crippen LogP contribution in [-0.4, -0.2) is 34.9 Å². The standard InChI is InChI=1S/C16H16N2O6/c1-3-23-13(19)9-12(16(22)24-4-2)18-15(21)11-8-6-5-7-10(11)14(20)17-18/h5-9H,3-4H2,1-2H3,(H,17,20)/b12-9+. The van der Waals surface area contributed by atoms with Crippen molar-refractivity contribution in [3.05, 3.63) is 51.0 Å². The summed E-state index contributed by atoms with van der Waals surface area (Å²) in [7, 11) is 0. The lowest BCUT2D eigenvalue weighted by Gasteiger charge is -2.10. The van der Waals surface area contributed by atoms with E-state index in [1.807, 2.05) is 0 Å². The third kappa shape index (κ3) is 3.43. The molecule has 0 unspecified atom stereocenters. The van der Waals surface area contributed by atoms with Gasteiger partial charge >= 0.3 is 11.9 Å². The maximum atomic E-state index is 12.6. The number of carbonyl (C=O) groups is 2. The maximum Gasteiger partial charge on any atom is 0.357 e. The van der Waals surface area contributed by atoms with Crippen molar-refractivity contribution in [1.29, 1.82) is 0 Å². The van der Waals surface area contributed by atoms with Crippen molar-refractivity contribution in [1.82, 2.24) is 9.78 Å². The number of esters is 2. The van der Waals surface area contributed by atoms with Crippen molar-refractivity contribution in [2.45, 2.75) is 13.8 Å². The highest BCUT2D eigenvalue weighted by atomic mass is 16.5. The molecule has 8 nitrogen and oxygen atoms in total. The molecular weight excluding hydrogens is 316 g/mol. The van der Waals surface area contributed by atoms with Gasteiger partial charge in [-0.05, 0) is 26.0 Å². The number of hydrogen-bond acceptors (Lipinski definition) is 6. The predicted molar refractivity (Wildman–Crippen MR) is 86.4 cm³/mol. The number of hydrogen-bond donors (Lipinski definition) is 1. The Kier molecular flexibility index (Phi) is 5.31. The number of aromatic nitrogens is 2. The zero-order chi connectivity index (χ0) is 17.7. The molecule has 0 radical (unpaired) electrons. The quantitative estimate of drug-likeness (QED) is 0.636. The van der Waals surface area contributed by atoms with Gasteiger partial charge in [-0.3, -0.25) is 14.7 Å². The molecular formula is C16H16N2O6. The van der Waals surface area contributed by atoms with E-state index in [-0.39, 0.29) is 24.0 Å². The number of rotatable bonds is 5. The molecule has 24 heavy (non-hydrogen) atoms. The molecule has 0 aliphatic rings. The molecule has 0 saturated heterocycles. The monoisotopic (exact) mass is 332 g/mol. The smallest absolute Gasteiger partial charge is 0.357 e. The summed E-state index contributed by atoms with van der Waals surface area (Å²) >= 11 is 0. The highest BCUT2D eigenvalue weighted by Gasteiger charge is 2.19. The van der Waals surface area contributed by atoms with Crippen molar-refractivity contribution in [3.8, 4) is 0 Å². The van der Waals surface area contributed by atoms with Gasteiger partial charge in [0.05, 0.1) is 30.1 Å². The lowest BCUT2D eigenvalue weighted by atomic mass is 10.2. The van der Waals surface area contributed by atoms with E-state index in [1.165, 1.54) is 12.1 Å². The zero-order valence-electron chi connectivity index (χ0n) is 13.2. The molecule has 1 aromatic carbocycles. The third-order valence-electron chi connectivity index (χ3n) is 3.09. The Labute approximate surface area is 136 Å². The van der Waals surface area contributed by atoms with Crippen LogP contribution in [0.4, 0.5) is 0 Å². The van der Waals surface area contributed by atoms with Crippen LogP contribution in [0, 0.1) is 0 Å². The molecule has 0 saturated carbocycles. The fourth-order valence-electron chi connectivity index (χ4n) is 2.09. The second-order valence-electron chi connectivity index (χ2n) is 4.63. The lowest BCUT2D eigenvalue weighted by molar-refractivity contribution is -0.139.